The van der Waals surface area contributed by atoms with E-state index in [9.17, 15) is 4.79 Å². The van der Waals surface area contributed by atoms with E-state index in [4.69, 9.17) is 9.47 Å². The van der Waals surface area contributed by atoms with Crippen LogP contribution in [0.15, 0.2) is 48.5 Å². The predicted molar refractivity (Wildman–Crippen MR) is 110 cm³/mol. The third kappa shape index (κ3) is 3.99. The van der Waals surface area contributed by atoms with Gasteiger partial charge in [-0.15, -0.1) is 0 Å². The fraction of sp³-hybridized carbons (Fsp3) is 0.304. The van der Waals surface area contributed by atoms with Crippen LogP contribution < -0.4 is 4.74 Å². The van der Waals surface area contributed by atoms with Crippen molar-refractivity contribution >= 4 is 16.7 Å². The van der Waals surface area contributed by atoms with Crippen LogP contribution in [0.1, 0.15) is 11.4 Å². The molecule has 0 spiro atoms. The van der Waals surface area contributed by atoms with Gasteiger partial charge in [0.2, 0.25) is 0 Å². The van der Waals surface area contributed by atoms with Crippen molar-refractivity contribution in [2.24, 2.45) is 0 Å². The number of hydrogen-bond donors (Lipinski definition) is 0. The van der Waals surface area contributed by atoms with Gasteiger partial charge in [-0.1, -0.05) is 24.3 Å². The molecule has 2 heterocycles. The maximum atomic E-state index is 12.4. The molecule has 0 bridgehead atoms. The molecule has 0 atom stereocenters. The number of nitrogens with zero attached hydrogens (tertiary/aromatic N) is 2. The van der Waals surface area contributed by atoms with Gasteiger partial charge in [-0.2, -0.15) is 0 Å². The first-order valence-electron chi connectivity index (χ1n) is 9.57. The summed E-state index contributed by atoms with van der Waals surface area (Å²) in [6.45, 7) is 6.47. The second-order valence-electron chi connectivity index (χ2n) is 7.11. The SMILES string of the molecule is Cc1cc(-c2cc(OCC(=O)N3CCOCC3)cc3ccccc23)cc(C)n1. The number of carbonyl (C=O) groups is 1. The normalized spacial score (nSPS) is 14.3. The molecule has 1 amide bonds. The summed E-state index contributed by atoms with van der Waals surface area (Å²) < 4.78 is 11.2. The van der Waals surface area contributed by atoms with E-state index in [-0.39, 0.29) is 12.5 Å². The zero-order valence-electron chi connectivity index (χ0n) is 16.3. The maximum Gasteiger partial charge on any atom is 0.260 e. The molecule has 2 aromatic carbocycles. The van der Waals surface area contributed by atoms with Crippen molar-refractivity contribution in [3.63, 3.8) is 0 Å². The number of morpholine rings is 1. The molecule has 0 N–H and O–H groups in total. The number of carbonyl (C=O) groups excluding carboxylic acids is 1. The lowest BCUT2D eigenvalue weighted by Gasteiger charge is -2.26. The fourth-order valence-corrected chi connectivity index (χ4v) is 3.64. The Bertz CT molecular complexity index is 990. The summed E-state index contributed by atoms with van der Waals surface area (Å²) in [4.78, 5) is 18.7. The van der Waals surface area contributed by atoms with E-state index in [1.807, 2.05) is 38.1 Å². The van der Waals surface area contributed by atoms with Crippen LogP contribution in [0.3, 0.4) is 0 Å². The number of fused-ring (bicyclic) bond motifs is 1. The molecule has 5 nitrogen and oxygen atoms in total. The third-order valence-electron chi connectivity index (χ3n) is 4.95. The van der Waals surface area contributed by atoms with Crippen molar-refractivity contribution in [1.29, 1.82) is 0 Å². The van der Waals surface area contributed by atoms with Crippen LogP contribution in [-0.4, -0.2) is 48.7 Å². The van der Waals surface area contributed by atoms with Gasteiger partial charge in [0.25, 0.3) is 5.91 Å². The van der Waals surface area contributed by atoms with Gasteiger partial charge in [0.15, 0.2) is 6.61 Å². The zero-order valence-corrected chi connectivity index (χ0v) is 16.3. The number of aryl methyl sites for hydroxylation is 2. The molecule has 1 saturated heterocycles. The molecule has 0 saturated carbocycles. The van der Waals surface area contributed by atoms with Gasteiger partial charge < -0.3 is 14.4 Å². The standard InChI is InChI=1S/C23H24N2O3/c1-16-11-19(12-17(2)24-16)22-14-20(13-18-5-3-4-6-21(18)22)28-15-23(26)25-7-9-27-10-8-25/h3-6,11-14H,7-10,15H2,1-2H3. The third-order valence-corrected chi connectivity index (χ3v) is 4.95. The van der Waals surface area contributed by atoms with Gasteiger partial charge in [-0.3, -0.25) is 9.78 Å². The van der Waals surface area contributed by atoms with Crippen molar-refractivity contribution in [3.05, 3.63) is 59.9 Å². The Morgan fingerprint density at radius 1 is 1.07 bits per heavy atom. The summed E-state index contributed by atoms with van der Waals surface area (Å²) in [6.07, 6.45) is 0. The summed E-state index contributed by atoms with van der Waals surface area (Å²) in [5, 5.41) is 2.24. The first-order chi connectivity index (χ1) is 13.6. The molecule has 0 aliphatic carbocycles. The van der Waals surface area contributed by atoms with Gasteiger partial charge in [0.05, 0.1) is 13.2 Å². The van der Waals surface area contributed by atoms with Crippen molar-refractivity contribution in [2.75, 3.05) is 32.9 Å². The molecule has 0 radical (unpaired) electrons. The smallest absolute Gasteiger partial charge is 0.260 e. The monoisotopic (exact) mass is 376 g/mol. The molecule has 1 aliphatic rings. The molecule has 144 valence electrons. The van der Waals surface area contributed by atoms with E-state index >= 15 is 0 Å². The zero-order chi connectivity index (χ0) is 19.5. The molecule has 28 heavy (non-hydrogen) atoms. The molecular formula is C23H24N2O3. The molecule has 4 rings (SSSR count). The van der Waals surface area contributed by atoms with Gasteiger partial charge in [0.1, 0.15) is 5.75 Å². The number of pyridine rings is 1. The summed E-state index contributed by atoms with van der Waals surface area (Å²) in [7, 11) is 0. The maximum absolute atomic E-state index is 12.4. The molecule has 3 aromatic rings. The average molecular weight is 376 g/mol. The van der Waals surface area contributed by atoms with E-state index in [0.29, 0.717) is 32.1 Å². The topological polar surface area (TPSA) is 51.7 Å². The summed E-state index contributed by atoms with van der Waals surface area (Å²) in [5.74, 6) is 0.691. The van der Waals surface area contributed by atoms with Gasteiger partial charge in [-0.25, -0.2) is 0 Å². The van der Waals surface area contributed by atoms with Crippen LogP contribution >= 0.6 is 0 Å². The van der Waals surface area contributed by atoms with E-state index in [2.05, 4.69) is 29.2 Å². The van der Waals surface area contributed by atoms with Crippen molar-refractivity contribution < 1.29 is 14.3 Å². The number of benzene rings is 2. The van der Waals surface area contributed by atoms with Crippen molar-refractivity contribution in [2.45, 2.75) is 13.8 Å². The Morgan fingerprint density at radius 3 is 2.54 bits per heavy atom. The van der Waals surface area contributed by atoms with Crippen LogP contribution in [0.25, 0.3) is 21.9 Å². The minimum Gasteiger partial charge on any atom is -0.484 e. The largest absolute Gasteiger partial charge is 0.484 e. The van der Waals surface area contributed by atoms with Gasteiger partial charge >= 0.3 is 0 Å². The summed E-state index contributed by atoms with van der Waals surface area (Å²) in [6, 6.07) is 16.4. The van der Waals surface area contributed by atoms with Crippen molar-refractivity contribution in [1.82, 2.24) is 9.88 Å². The second kappa shape index (κ2) is 7.98. The van der Waals surface area contributed by atoms with E-state index in [1.54, 1.807) is 4.90 Å². The number of hydrogen-bond acceptors (Lipinski definition) is 4. The molecule has 5 heteroatoms. The molecule has 1 aromatic heterocycles. The molecule has 1 fully saturated rings. The Labute approximate surface area is 164 Å². The Morgan fingerprint density at radius 2 is 1.79 bits per heavy atom. The predicted octanol–water partition coefficient (Wildman–Crippen LogP) is 3.76. The highest BCUT2D eigenvalue weighted by molar-refractivity contribution is 5.98. The van der Waals surface area contributed by atoms with E-state index < -0.39 is 0 Å². The quantitative estimate of drug-likeness (QED) is 0.696. The van der Waals surface area contributed by atoms with Gasteiger partial charge in [-0.05, 0) is 60.0 Å². The van der Waals surface area contributed by atoms with Crippen LogP contribution in [0, 0.1) is 13.8 Å². The van der Waals surface area contributed by atoms with E-state index in [0.717, 1.165) is 33.3 Å². The van der Waals surface area contributed by atoms with Crippen LogP contribution in [0.2, 0.25) is 0 Å². The fourth-order valence-electron chi connectivity index (χ4n) is 3.64. The lowest BCUT2D eigenvalue weighted by Crippen LogP contribution is -2.42. The second-order valence-corrected chi connectivity index (χ2v) is 7.11. The lowest BCUT2D eigenvalue weighted by molar-refractivity contribution is -0.137. The number of rotatable bonds is 4. The van der Waals surface area contributed by atoms with Gasteiger partial charge in [0, 0.05) is 24.5 Å². The van der Waals surface area contributed by atoms with Crippen LogP contribution in [0.4, 0.5) is 0 Å². The minimum atomic E-state index is -0.00592. The Kier molecular flexibility index (Phi) is 5.26. The first-order valence-corrected chi connectivity index (χ1v) is 9.57. The highest BCUT2D eigenvalue weighted by Crippen LogP contribution is 2.33. The molecular weight excluding hydrogens is 352 g/mol. The van der Waals surface area contributed by atoms with Crippen LogP contribution in [-0.2, 0) is 9.53 Å². The number of ether oxygens (including phenoxy) is 2. The number of aromatic nitrogens is 1. The number of amides is 1. The summed E-state index contributed by atoms with van der Waals surface area (Å²) >= 11 is 0. The highest BCUT2D eigenvalue weighted by Gasteiger charge is 2.17. The Balaban J connectivity index is 1.65. The molecule has 1 aliphatic heterocycles. The van der Waals surface area contributed by atoms with E-state index in [1.165, 1.54) is 0 Å². The summed E-state index contributed by atoms with van der Waals surface area (Å²) in [5.41, 5.74) is 4.15. The highest BCUT2D eigenvalue weighted by atomic mass is 16.5. The lowest BCUT2D eigenvalue weighted by atomic mass is 9.97. The van der Waals surface area contributed by atoms with Crippen molar-refractivity contribution in [3.8, 4) is 16.9 Å². The Hall–Kier alpha value is -2.92. The first kappa shape index (κ1) is 18.4. The molecule has 0 unspecified atom stereocenters. The average Bonchev–Trinajstić information content (AvgIpc) is 2.71. The minimum absolute atomic E-state index is 0.00592. The van der Waals surface area contributed by atoms with Crippen LogP contribution in [0.5, 0.6) is 5.75 Å².